The average molecular weight is 438 g/mol. The first kappa shape index (κ1) is 23.3. The molecule has 8 N–H and O–H groups in total. The summed E-state index contributed by atoms with van der Waals surface area (Å²) in [6.45, 7) is 4.06. The second-order valence-electron chi connectivity index (χ2n) is 8.06. The van der Waals surface area contributed by atoms with Crippen molar-refractivity contribution < 1.29 is 24.9 Å². The smallest absolute Gasteiger partial charge is 0.320 e. The number of carbonyl (C=O) groups is 1. The van der Waals surface area contributed by atoms with Crippen LogP contribution in [-0.2, 0) is 9.53 Å². The Kier molecular flexibility index (Phi) is 7.38. The lowest BCUT2D eigenvalue weighted by atomic mass is 9.97. The first-order valence-corrected chi connectivity index (χ1v) is 10.4. The van der Waals surface area contributed by atoms with Crippen LogP contribution in [0.4, 0.5) is 5.82 Å². The molecule has 1 aliphatic rings. The molecule has 0 aromatic carbocycles. The van der Waals surface area contributed by atoms with Gasteiger partial charge in [0.15, 0.2) is 17.7 Å². The summed E-state index contributed by atoms with van der Waals surface area (Å²) in [5.74, 6) is -0.843. The maximum atomic E-state index is 11.1. The highest BCUT2D eigenvalue weighted by Gasteiger charge is 2.45. The molecule has 2 aromatic heterocycles. The molecule has 0 aliphatic carbocycles. The van der Waals surface area contributed by atoms with Crippen LogP contribution in [0.15, 0.2) is 12.7 Å². The second kappa shape index (κ2) is 9.83. The number of ether oxygens (including phenoxy) is 1. The summed E-state index contributed by atoms with van der Waals surface area (Å²) in [5.41, 5.74) is 12.3. The highest BCUT2D eigenvalue weighted by molar-refractivity contribution is 5.81. The number of nitrogens with zero attached hydrogens (tertiary/aromatic N) is 4. The molecule has 2 aromatic rings. The fourth-order valence-corrected chi connectivity index (χ4v) is 3.78. The van der Waals surface area contributed by atoms with Crippen LogP contribution in [0.2, 0.25) is 0 Å². The molecule has 0 amide bonds. The third kappa shape index (κ3) is 5.10. The Bertz CT molecular complexity index is 894. The van der Waals surface area contributed by atoms with Gasteiger partial charge in [0.05, 0.1) is 12.4 Å². The Balaban J connectivity index is 1.74. The number of nitrogens with two attached hydrogens (primary N) is 2. The first-order valence-electron chi connectivity index (χ1n) is 10.4. The predicted molar refractivity (Wildman–Crippen MR) is 112 cm³/mol. The van der Waals surface area contributed by atoms with Crippen LogP contribution < -0.4 is 16.8 Å². The van der Waals surface area contributed by atoms with Gasteiger partial charge in [-0.15, -0.1) is 0 Å². The summed E-state index contributed by atoms with van der Waals surface area (Å²) in [5, 5.41) is 33.8. The van der Waals surface area contributed by atoms with E-state index in [0.29, 0.717) is 24.0 Å². The fourth-order valence-electron chi connectivity index (χ4n) is 3.78. The number of aliphatic hydroxyl groups excluding tert-OH is 2. The maximum absolute atomic E-state index is 11.1. The zero-order valence-electron chi connectivity index (χ0n) is 17.6. The third-order valence-electron chi connectivity index (χ3n) is 5.79. The molecular formula is C19H31N7O5. The van der Waals surface area contributed by atoms with E-state index >= 15 is 0 Å². The second-order valence-corrected chi connectivity index (χ2v) is 8.06. The van der Waals surface area contributed by atoms with Crippen molar-refractivity contribution >= 4 is 23.0 Å². The molecule has 172 valence electrons. The van der Waals surface area contributed by atoms with Crippen molar-refractivity contribution in [3.8, 4) is 0 Å². The average Bonchev–Trinajstić information content (AvgIpc) is 3.28. The summed E-state index contributed by atoms with van der Waals surface area (Å²) in [6, 6.07) is -0.928. The van der Waals surface area contributed by atoms with Crippen molar-refractivity contribution in [2.45, 2.75) is 82.2 Å². The minimum atomic E-state index is -1.20. The van der Waals surface area contributed by atoms with E-state index in [2.05, 4.69) is 20.3 Å². The Morgan fingerprint density at radius 3 is 2.71 bits per heavy atom. The van der Waals surface area contributed by atoms with E-state index in [1.54, 1.807) is 0 Å². The van der Waals surface area contributed by atoms with E-state index in [0.717, 1.165) is 6.42 Å². The number of hydrogen-bond acceptors (Lipinski definition) is 10. The van der Waals surface area contributed by atoms with Gasteiger partial charge in [0.25, 0.3) is 0 Å². The van der Waals surface area contributed by atoms with Crippen molar-refractivity contribution in [1.29, 1.82) is 0 Å². The number of aliphatic hydroxyl groups is 2. The van der Waals surface area contributed by atoms with Gasteiger partial charge in [0.1, 0.15) is 30.1 Å². The molecule has 31 heavy (non-hydrogen) atoms. The van der Waals surface area contributed by atoms with E-state index in [4.69, 9.17) is 21.3 Å². The van der Waals surface area contributed by atoms with Gasteiger partial charge in [-0.05, 0) is 32.6 Å². The van der Waals surface area contributed by atoms with Gasteiger partial charge >= 0.3 is 5.97 Å². The lowest BCUT2D eigenvalue weighted by Gasteiger charge is -2.27. The van der Waals surface area contributed by atoms with Crippen LogP contribution in [0, 0.1) is 0 Å². The molecule has 1 saturated heterocycles. The highest BCUT2D eigenvalue weighted by atomic mass is 16.6. The van der Waals surface area contributed by atoms with Crippen LogP contribution in [-0.4, -0.2) is 77.2 Å². The Morgan fingerprint density at radius 1 is 1.29 bits per heavy atom. The Labute approximate surface area is 179 Å². The van der Waals surface area contributed by atoms with Gasteiger partial charge in [-0.2, -0.15) is 0 Å². The molecule has 12 heteroatoms. The van der Waals surface area contributed by atoms with Gasteiger partial charge in [0.2, 0.25) is 0 Å². The molecule has 0 spiro atoms. The zero-order valence-corrected chi connectivity index (χ0v) is 17.6. The van der Waals surface area contributed by atoms with Gasteiger partial charge in [-0.3, -0.25) is 9.36 Å². The van der Waals surface area contributed by atoms with Crippen LogP contribution in [0.5, 0.6) is 0 Å². The zero-order chi connectivity index (χ0) is 22.7. The standard InChI is InChI=1S/C19H31N7O5/c1-3-9(2)25-10(4-5-11(20)19(29)30)6-12-14(27)15(28)18(31-12)26-8-24-13-16(21)22-7-23-17(13)26/h7-12,14-15,18,25,27-28H,3-6,20H2,1-2H3,(H,29,30)(H2,21,22,23)/t9?,10?,11-,12+,14+,15+,18+/m0/s1. The van der Waals surface area contributed by atoms with E-state index in [9.17, 15) is 15.0 Å². The molecular weight excluding hydrogens is 406 g/mol. The van der Waals surface area contributed by atoms with E-state index in [-0.39, 0.29) is 24.3 Å². The molecule has 3 heterocycles. The molecule has 0 bridgehead atoms. The van der Waals surface area contributed by atoms with E-state index in [1.165, 1.54) is 17.2 Å². The summed E-state index contributed by atoms with van der Waals surface area (Å²) in [7, 11) is 0. The van der Waals surface area contributed by atoms with Crippen molar-refractivity contribution in [2.24, 2.45) is 5.73 Å². The molecule has 2 unspecified atom stereocenters. The number of fused-ring (bicyclic) bond motifs is 1. The third-order valence-corrected chi connectivity index (χ3v) is 5.79. The van der Waals surface area contributed by atoms with Crippen LogP contribution in [0.25, 0.3) is 11.2 Å². The molecule has 1 aliphatic heterocycles. The van der Waals surface area contributed by atoms with Gasteiger partial charge in [0, 0.05) is 12.1 Å². The van der Waals surface area contributed by atoms with Crippen molar-refractivity contribution in [2.75, 3.05) is 5.73 Å². The molecule has 3 rings (SSSR count). The Hall–Kier alpha value is -2.38. The summed E-state index contributed by atoms with van der Waals surface area (Å²) >= 11 is 0. The number of imidazole rings is 1. The number of aliphatic carboxylic acids is 1. The van der Waals surface area contributed by atoms with E-state index in [1.807, 2.05) is 13.8 Å². The first-order chi connectivity index (χ1) is 14.7. The largest absolute Gasteiger partial charge is 0.480 e. The number of aromatic nitrogens is 4. The number of hydrogen-bond donors (Lipinski definition) is 6. The molecule has 0 saturated carbocycles. The van der Waals surface area contributed by atoms with Gasteiger partial charge in [-0.1, -0.05) is 6.92 Å². The van der Waals surface area contributed by atoms with Crippen LogP contribution >= 0.6 is 0 Å². The Morgan fingerprint density at radius 2 is 2.03 bits per heavy atom. The minimum absolute atomic E-state index is 0.150. The van der Waals surface area contributed by atoms with Crippen molar-refractivity contribution in [3.05, 3.63) is 12.7 Å². The molecule has 7 atom stereocenters. The fraction of sp³-hybridized carbons (Fsp3) is 0.684. The minimum Gasteiger partial charge on any atom is -0.480 e. The molecule has 0 radical (unpaired) electrons. The number of rotatable bonds is 10. The number of carboxylic acid groups (broad SMARTS) is 1. The summed E-state index contributed by atoms with van der Waals surface area (Å²) < 4.78 is 7.54. The highest BCUT2D eigenvalue weighted by Crippen LogP contribution is 2.34. The van der Waals surface area contributed by atoms with E-state index < -0.39 is 36.6 Å². The van der Waals surface area contributed by atoms with Crippen LogP contribution in [0.1, 0.15) is 45.8 Å². The van der Waals surface area contributed by atoms with Crippen LogP contribution in [0.3, 0.4) is 0 Å². The predicted octanol–water partition coefficient (Wildman–Crippen LogP) is -0.633. The van der Waals surface area contributed by atoms with Gasteiger partial charge in [-0.25, -0.2) is 15.0 Å². The van der Waals surface area contributed by atoms with Crippen molar-refractivity contribution in [1.82, 2.24) is 24.8 Å². The molecule has 12 nitrogen and oxygen atoms in total. The number of nitrogens with one attached hydrogen (secondary N) is 1. The normalized spacial score (nSPS) is 26.7. The quantitative estimate of drug-likeness (QED) is 0.277. The maximum Gasteiger partial charge on any atom is 0.320 e. The summed E-state index contributed by atoms with van der Waals surface area (Å²) in [4.78, 5) is 23.3. The van der Waals surface area contributed by atoms with Crippen molar-refractivity contribution in [3.63, 3.8) is 0 Å². The SMILES string of the molecule is CCC(C)NC(CC[C@H](N)C(=O)O)C[C@H]1O[C@@H](n2cnc3c(N)ncnc32)[C@H](O)[C@@H]1O. The number of nitrogen functional groups attached to an aromatic ring is 1. The van der Waals surface area contributed by atoms with Gasteiger partial charge < -0.3 is 36.8 Å². The lowest BCUT2D eigenvalue weighted by Crippen LogP contribution is -2.42. The molecule has 1 fully saturated rings. The number of anilines is 1. The topological polar surface area (TPSA) is 195 Å². The monoisotopic (exact) mass is 437 g/mol. The lowest BCUT2D eigenvalue weighted by molar-refractivity contribution is -0.138. The summed E-state index contributed by atoms with van der Waals surface area (Å²) in [6.07, 6.45) is 0.827. The number of carboxylic acids is 1.